The van der Waals surface area contributed by atoms with E-state index in [1.165, 1.54) is 55.3 Å². The first-order valence-electron chi connectivity index (χ1n) is 20.3. The van der Waals surface area contributed by atoms with Gasteiger partial charge in [0.2, 0.25) is 0 Å². The first kappa shape index (κ1) is 33.5. The summed E-state index contributed by atoms with van der Waals surface area (Å²) in [4.78, 5) is 2.45. The molecule has 1 unspecified atom stereocenters. The van der Waals surface area contributed by atoms with E-state index in [4.69, 9.17) is 4.74 Å². The van der Waals surface area contributed by atoms with E-state index in [1.54, 1.807) is 0 Å². The summed E-state index contributed by atoms with van der Waals surface area (Å²) >= 11 is 0. The van der Waals surface area contributed by atoms with Crippen LogP contribution in [0.5, 0.6) is 11.5 Å². The average Bonchev–Trinajstić information content (AvgIpc) is 3.59. The second-order valence-electron chi connectivity index (χ2n) is 15.6. The van der Waals surface area contributed by atoms with Crippen molar-refractivity contribution in [3.05, 3.63) is 247 Å². The summed E-state index contributed by atoms with van der Waals surface area (Å²) in [6.07, 6.45) is 0. The molecule has 1 atom stereocenters. The number of benzene rings is 10. The van der Waals surface area contributed by atoms with E-state index in [1.807, 2.05) is 0 Å². The molecule has 0 aromatic heterocycles. The fraction of sp³-hybridized carbons (Fsp3) is 0.0175. The van der Waals surface area contributed by atoms with Gasteiger partial charge in [-0.3, -0.25) is 0 Å². The van der Waals surface area contributed by atoms with Crippen LogP contribution >= 0.6 is 0 Å². The van der Waals surface area contributed by atoms with Gasteiger partial charge in [0.25, 0.3) is 0 Å². The van der Waals surface area contributed by atoms with Gasteiger partial charge in [-0.2, -0.15) is 0 Å². The Kier molecular flexibility index (Phi) is 7.48. The SMILES string of the molecule is c1ccc(-c2ccc(N(c3ccc4c(c3)C3(c5ccccc5Oc5c3ccc3ccccc53)c3ccccc3-4)c3ccccc3-c3cccc4ccccc34)cc2)cc1. The zero-order valence-corrected chi connectivity index (χ0v) is 32.2. The summed E-state index contributed by atoms with van der Waals surface area (Å²) in [7, 11) is 0. The third kappa shape index (κ3) is 5.00. The van der Waals surface area contributed by atoms with Gasteiger partial charge in [0.1, 0.15) is 11.5 Å². The van der Waals surface area contributed by atoms with E-state index in [0.717, 1.165) is 50.5 Å². The van der Waals surface area contributed by atoms with E-state index in [0.29, 0.717) is 0 Å². The van der Waals surface area contributed by atoms with Crippen LogP contribution in [0.2, 0.25) is 0 Å². The lowest BCUT2D eigenvalue weighted by Crippen LogP contribution is -2.32. The minimum Gasteiger partial charge on any atom is -0.456 e. The second kappa shape index (κ2) is 13.2. The first-order chi connectivity index (χ1) is 29.3. The maximum Gasteiger partial charge on any atom is 0.140 e. The van der Waals surface area contributed by atoms with Crippen LogP contribution in [0, 0.1) is 0 Å². The molecule has 10 aromatic rings. The zero-order chi connectivity index (χ0) is 38.9. The van der Waals surface area contributed by atoms with Gasteiger partial charge in [0, 0.05) is 33.5 Å². The Morgan fingerprint density at radius 1 is 0.339 bits per heavy atom. The molecule has 1 aliphatic carbocycles. The minimum absolute atomic E-state index is 0.617. The normalized spacial score (nSPS) is 14.6. The molecule has 0 saturated carbocycles. The lowest BCUT2D eigenvalue weighted by molar-refractivity contribution is 0.441. The van der Waals surface area contributed by atoms with Gasteiger partial charge in [-0.1, -0.05) is 188 Å². The quantitative estimate of drug-likeness (QED) is 0.174. The number of hydrogen-bond acceptors (Lipinski definition) is 2. The monoisotopic (exact) mass is 751 g/mol. The molecule has 2 aliphatic rings. The Bertz CT molecular complexity index is 3250. The summed E-state index contributed by atoms with van der Waals surface area (Å²) < 4.78 is 6.96. The number of rotatable bonds is 5. The van der Waals surface area contributed by atoms with E-state index in [-0.39, 0.29) is 0 Å². The number of ether oxygens (including phenoxy) is 1. The third-order valence-corrected chi connectivity index (χ3v) is 12.5. The largest absolute Gasteiger partial charge is 0.456 e. The number of hydrogen-bond donors (Lipinski definition) is 0. The van der Waals surface area contributed by atoms with Gasteiger partial charge in [-0.25, -0.2) is 0 Å². The molecule has 0 bridgehead atoms. The van der Waals surface area contributed by atoms with E-state index in [2.05, 4.69) is 229 Å². The molecule has 1 aliphatic heterocycles. The van der Waals surface area contributed by atoms with Crippen molar-refractivity contribution in [1.82, 2.24) is 0 Å². The molecular formula is C57H37NO. The topological polar surface area (TPSA) is 12.5 Å². The summed E-state index contributed by atoms with van der Waals surface area (Å²) in [5.74, 6) is 1.81. The molecule has 0 saturated heterocycles. The van der Waals surface area contributed by atoms with Gasteiger partial charge in [-0.15, -0.1) is 0 Å². The second-order valence-corrected chi connectivity index (χ2v) is 15.6. The Balaban J connectivity index is 1.14. The van der Waals surface area contributed by atoms with Crippen LogP contribution in [-0.4, -0.2) is 0 Å². The zero-order valence-electron chi connectivity index (χ0n) is 32.2. The minimum atomic E-state index is -0.617. The van der Waals surface area contributed by atoms with Crippen molar-refractivity contribution in [2.45, 2.75) is 5.41 Å². The Morgan fingerprint density at radius 3 is 1.78 bits per heavy atom. The standard InChI is InChI=1S/C57H37NO/c1-2-15-38(16-3-1)39-29-32-42(33-30-39)58(54-27-12-9-23-49(54)46-24-14-19-40-17-4-6-20-44(40)46)43-34-35-48-47-22-8-10-25-50(47)57(53(48)37-43)51-26-11-13-28-55(51)59-56-45-21-7-5-18-41(45)31-36-52(56)57/h1-37H. The van der Waals surface area contributed by atoms with Crippen molar-refractivity contribution in [3.63, 3.8) is 0 Å². The van der Waals surface area contributed by atoms with Gasteiger partial charge in [0.05, 0.1) is 11.1 Å². The van der Waals surface area contributed by atoms with Gasteiger partial charge < -0.3 is 9.64 Å². The van der Waals surface area contributed by atoms with Gasteiger partial charge in [-0.05, 0) is 91.5 Å². The Hall–Kier alpha value is -7.68. The molecule has 0 fully saturated rings. The van der Waals surface area contributed by atoms with Crippen molar-refractivity contribution in [1.29, 1.82) is 0 Å². The molecule has 10 aromatic carbocycles. The summed E-state index contributed by atoms with van der Waals surface area (Å²) in [6, 6.07) is 81.7. The molecule has 1 heterocycles. The molecule has 0 amide bonds. The molecule has 276 valence electrons. The van der Waals surface area contributed by atoms with E-state index < -0.39 is 5.41 Å². The lowest BCUT2D eigenvalue weighted by Gasteiger charge is -2.40. The highest BCUT2D eigenvalue weighted by Gasteiger charge is 2.51. The van der Waals surface area contributed by atoms with Crippen molar-refractivity contribution >= 4 is 38.6 Å². The van der Waals surface area contributed by atoms with Crippen LogP contribution in [0.1, 0.15) is 22.3 Å². The fourth-order valence-corrected chi connectivity index (χ4v) is 9.97. The van der Waals surface area contributed by atoms with Crippen LogP contribution in [0.25, 0.3) is 54.9 Å². The highest BCUT2D eigenvalue weighted by atomic mass is 16.5. The van der Waals surface area contributed by atoms with Crippen LogP contribution < -0.4 is 9.64 Å². The smallest absolute Gasteiger partial charge is 0.140 e. The number of nitrogens with zero attached hydrogens (tertiary/aromatic N) is 1. The average molecular weight is 752 g/mol. The molecule has 59 heavy (non-hydrogen) atoms. The van der Waals surface area contributed by atoms with Crippen LogP contribution in [0.15, 0.2) is 224 Å². The number of fused-ring (bicyclic) bond motifs is 12. The van der Waals surface area contributed by atoms with Gasteiger partial charge >= 0.3 is 0 Å². The Labute approximate surface area is 343 Å². The number of para-hydroxylation sites is 2. The first-order valence-corrected chi connectivity index (χ1v) is 20.3. The van der Waals surface area contributed by atoms with Crippen molar-refractivity contribution < 1.29 is 4.74 Å². The van der Waals surface area contributed by atoms with Crippen LogP contribution in [0.3, 0.4) is 0 Å². The highest BCUT2D eigenvalue weighted by molar-refractivity contribution is 6.02. The number of anilines is 3. The van der Waals surface area contributed by atoms with Gasteiger partial charge in [0.15, 0.2) is 0 Å². The lowest BCUT2D eigenvalue weighted by atomic mass is 9.65. The van der Waals surface area contributed by atoms with Crippen molar-refractivity contribution in [2.75, 3.05) is 4.90 Å². The van der Waals surface area contributed by atoms with Crippen molar-refractivity contribution in [3.8, 4) is 44.9 Å². The molecule has 2 heteroatoms. The fourth-order valence-electron chi connectivity index (χ4n) is 9.97. The maximum atomic E-state index is 6.96. The Morgan fingerprint density at radius 2 is 0.932 bits per heavy atom. The predicted octanol–water partition coefficient (Wildman–Crippen LogP) is 15.3. The summed E-state index contributed by atoms with van der Waals surface area (Å²) in [6.45, 7) is 0. The predicted molar refractivity (Wildman–Crippen MR) is 244 cm³/mol. The molecular weight excluding hydrogens is 715 g/mol. The van der Waals surface area contributed by atoms with Crippen molar-refractivity contribution in [2.24, 2.45) is 0 Å². The molecule has 12 rings (SSSR count). The molecule has 1 spiro atoms. The van der Waals surface area contributed by atoms with E-state index >= 15 is 0 Å². The molecule has 2 nitrogen and oxygen atoms in total. The molecule has 0 N–H and O–H groups in total. The van der Waals surface area contributed by atoms with Crippen LogP contribution in [0.4, 0.5) is 17.1 Å². The third-order valence-electron chi connectivity index (χ3n) is 12.5. The van der Waals surface area contributed by atoms with Crippen LogP contribution in [-0.2, 0) is 5.41 Å². The summed E-state index contributed by atoms with van der Waals surface area (Å²) in [5, 5.41) is 4.73. The maximum absolute atomic E-state index is 6.96. The summed E-state index contributed by atoms with van der Waals surface area (Å²) in [5.41, 5.74) is 14.7. The molecule has 0 radical (unpaired) electrons. The van der Waals surface area contributed by atoms with E-state index in [9.17, 15) is 0 Å². The highest BCUT2D eigenvalue weighted by Crippen LogP contribution is 2.63.